The minimum Gasteiger partial charge on any atom is -0.280 e. The van der Waals surface area contributed by atoms with Crippen molar-refractivity contribution in [1.29, 1.82) is 0 Å². The first-order valence-corrected chi connectivity index (χ1v) is 8.17. The lowest BCUT2D eigenvalue weighted by molar-refractivity contribution is -0.385. The smallest absolute Gasteiger partial charge is 0.270 e. The maximum absolute atomic E-state index is 12.2. The van der Waals surface area contributed by atoms with E-state index in [1.54, 1.807) is 0 Å². The Bertz CT molecular complexity index is 811. The third-order valence-electron chi connectivity index (χ3n) is 2.51. The highest BCUT2D eigenvalue weighted by Crippen LogP contribution is 2.27. The predicted molar refractivity (Wildman–Crippen MR) is 83.1 cm³/mol. The number of hydrogen-bond acceptors (Lipinski definition) is 4. The Hall–Kier alpha value is -1.64. The molecule has 0 unspecified atom stereocenters. The zero-order valence-electron chi connectivity index (χ0n) is 10.3. The van der Waals surface area contributed by atoms with Crippen LogP contribution in [0.4, 0.5) is 11.4 Å². The minimum absolute atomic E-state index is 0.192. The summed E-state index contributed by atoms with van der Waals surface area (Å²) in [6, 6.07) is 9.31. The molecule has 0 heterocycles. The maximum atomic E-state index is 12.2. The fraction of sp³-hybridized carbons (Fsp3) is 0. The SMILES string of the molecule is O=[N+]([O-])c1cccc(S(=O)(=O)Nc2ccc(Cl)c(Br)c2)c1. The summed E-state index contributed by atoms with van der Waals surface area (Å²) >= 11 is 9.01. The van der Waals surface area contributed by atoms with E-state index in [9.17, 15) is 18.5 Å². The van der Waals surface area contributed by atoms with E-state index >= 15 is 0 Å². The van der Waals surface area contributed by atoms with Crippen LogP contribution in [0.15, 0.2) is 51.8 Å². The standard InChI is InChI=1S/C12H8BrClN2O4S/c13-11-6-8(4-5-12(11)14)15-21(19,20)10-3-1-2-9(7-10)16(17)18/h1-7,15H. The van der Waals surface area contributed by atoms with Crippen molar-refractivity contribution in [2.75, 3.05) is 4.72 Å². The van der Waals surface area contributed by atoms with Crippen LogP contribution in [0, 0.1) is 10.1 Å². The molecule has 0 aliphatic heterocycles. The van der Waals surface area contributed by atoms with Gasteiger partial charge in [0, 0.05) is 16.6 Å². The van der Waals surface area contributed by atoms with E-state index in [2.05, 4.69) is 20.7 Å². The second-order valence-corrected chi connectivity index (χ2v) is 6.93. The molecule has 110 valence electrons. The highest BCUT2D eigenvalue weighted by molar-refractivity contribution is 9.10. The van der Waals surface area contributed by atoms with Crippen LogP contribution in [-0.4, -0.2) is 13.3 Å². The molecule has 0 atom stereocenters. The van der Waals surface area contributed by atoms with Crippen LogP contribution in [0.1, 0.15) is 0 Å². The molecule has 0 amide bonds. The van der Waals surface area contributed by atoms with E-state index in [0.717, 1.165) is 6.07 Å². The molecule has 6 nitrogen and oxygen atoms in total. The minimum atomic E-state index is -3.92. The van der Waals surface area contributed by atoms with Crippen molar-refractivity contribution in [1.82, 2.24) is 0 Å². The van der Waals surface area contributed by atoms with E-state index in [1.807, 2.05) is 0 Å². The highest BCUT2D eigenvalue weighted by Gasteiger charge is 2.18. The molecular formula is C12H8BrClN2O4S. The topological polar surface area (TPSA) is 89.3 Å². The molecule has 0 aromatic heterocycles. The number of nitrogens with one attached hydrogen (secondary N) is 1. The third-order valence-corrected chi connectivity index (χ3v) is 5.10. The molecule has 2 aromatic carbocycles. The van der Waals surface area contributed by atoms with Gasteiger partial charge in [0.15, 0.2) is 0 Å². The van der Waals surface area contributed by atoms with Gasteiger partial charge < -0.3 is 0 Å². The van der Waals surface area contributed by atoms with Gasteiger partial charge in [0.05, 0.1) is 20.5 Å². The quantitative estimate of drug-likeness (QED) is 0.634. The molecule has 0 saturated heterocycles. The van der Waals surface area contributed by atoms with Crippen molar-refractivity contribution in [2.24, 2.45) is 0 Å². The Morgan fingerprint density at radius 1 is 1.19 bits per heavy atom. The number of nitro benzene ring substituents is 1. The van der Waals surface area contributed by atoms with Gasteiger partial charge in [0.1, 0.15) is 0 Å². The van der Waals surface area contributed by atoms with E-state index in [4.69, 9.17) is 11.6 Å². The Morgan fingerprint density at radius 2 is 1.90 bits per heavy atom. The summed E-state index contributed by atoms with van der Waals surface area (Å²) in [6.45, 7) is 0. The molecular weight excluding hydrogens is 384 g/mol. The Labute approximate surface area is 134 Å². The fourth-order valence-electron chi connectivity index (χ4n) is 1.54. The summed E-state index contributed by atoms with van der Waals surface area (Å²) < 4.78 is 27.2. The van der Waals surface area contributed by atoms with Crippen molar-refractivity contribution in [2.45, 2.75) is 4.90 Å². The Kier molecular flexibility index (Phi) is 4.50. The Balaban J connectivity index is 2.36. The summed E-state index contributed by atoms with van der Waals surface area (Å²) in [4.78, 5) is 9.84. The first kappa shape index (κ1) is 15.7. The summed E-state index contributed by atoms with van der Waals surface area (Å²) in [5, 5.41) is 11.1. The number of nitro groups is 1. The van der Waals surface area contributed by atoms with Crippen molar-refractivity contribution in [3.8, 4) is 0 Å². The number of hydrogen-bond donors (Lipinski definition) is 1. The largest absolute Gasteiger partial charge is 0.280 e. The molecule has 0 saturated carbocycles. The van der Waals surface area contributed by atoms with Gasteiger partial charge >= 0.3 is 0 Å². The number of benzene rings is 2. The molecule has 0 spiro atoms. The van der Waals surface area contributed by atoms with Gasteiger partial charge in [-0.3, -0.25) is 14.8 Å². The van der Waals surface area contributed by atoms with Gasteiger partial charge in [-0.05, 0) is 40.2 Å². The van der Waals surface area contributed by atoms with Crippen LogP contribution in [0.25, 0.3) is 0 Å². The van der Waals surface area contributed by atoms with Crippen LogP contribution in [0.5, 0.6) is 0 Å². The molecule has 2 aromatic rings. The normalized spacial score (nSPS) is 11.1. The molecule has 0 aliphatic rings. The monoisotopic (exact) mass is 390 g/mol. The van der Waals surface area contributed by atoms with Gasteiger partial charge in [-0.25, -0.2) is 8.42 Å². The first-order valence-electron chi connectivity index (χ1n) is 5.52. The van der Waals surface area contributed by atoms with Crippen LogP contribution in [0.3, 0.4) is 0 Å². The molecule has 9 heteroatoms. The zero-order valence-corrected chi connectivity index (χ0v) is 13.4. The van der Waals surface area contributed by atoms with Crippen LogP contribution >= 0.6 is 27.5 Å². The molecule has 21 heavy (non-hydrogen) atoms. The second-order valence-electron chi connectivity index (χ2n) is 3.99. The number of nitrogens with zero attached hydrogens (tertiary/aromatic N) is 1. The molecule has 0 bridgehead atoms. The van der Waals surface area contributed by atoms with Gasteiger partial charge in [0.2, 0.25) is 0 Å². The lowest BCUT2D eigenvalue weighted by Gasteiger charge is -2.08. The van der Waals surface area contributed by atoms with Crippen LogP contribution in [0.2, 0.25) is 5.02 Å². The summed E-state index contributed by atoms with van der Waals surface area (Å²) in [7, 11) is -3.92. The predicted octanol–water partition coefficient (Wildman–Crippen LogP) is 3.81. The molecule has 1 N–H and O–H groups in total. The van der Waals surface area contributed by atoms with E-state index in [1.165, 1.54) is 36.4 Å². The maximum Gasteiger partial charge on any atom is 0.270 e. The molecule has 2 rings (SSSR count). The van der Waals surface area contributed by atoms with E-state index in [0.29, 0.717) is 9.50 Å². The first-order chi connectivity index (χ1) is 9.79. The fourth-order valence-corrected chi connectivity index (χ4v) is 3.12. The van der Waals surface area contributed by atoms with Gasteiger partial charge in [-0.1, -0.05) is 17.7 Å². The van der Waals surface area contributed by atoms with Crippen molar-refractivity contribution >= 4 is 48.9 Å². The average molecular weight is 392 g/mol. The van der Waals surface area contributed by atoms with Crippen molar-refractivity contribution < 1.29 is 13.3 Å². The third kappa shape index (κ3) is 3.72. The number of rotatable bonds is 4. The Morgan fingerprint density at radius 3 is 2.52 bits per heavy atom. The van der Waals surface area contributed by atoms with Gasteiger partial charge in [-0.2, -0.15) is 0 Å². The van der Waals surface area contributed by atoms with Crippen molar-refractivity contribution in [3.63, 3.8) is 0 Å². The van der Waals surface area contributed by atoms with E-state index < -0.39 is 14.9 Å². The number of halogens is 2. The number of sulfonamides is 1. The van der Waals surface area contributed by atoms with Gasteiger partial charge in [0.25, 0.3) is 15.7 Å². The molecule has 0 fully saturated rings. The average Bonchev–Trinajstić information content (AvgIpc) is 2.43. The van der Waals surface area contributed by atoms with Gasteiger partial charge in [-0.15, -0.1) is 0 Å². The lowest BCUT2D eigenvalue weighted by Crippen LogP contribution is -2.13. The molecule has 0 aliphatic carbocycles. The van der Waals surface area contributed by atoms with Crippen molar-refractivity contribution in [3.05, 3.63) is 62.1 Å². The van der Waals surface area contributed by atoms with E-state index in [-0.39, 0.29) is 16.3 Å². The molecule has 0 radical (unpaired) electrons. The number of non-ortho nitro benzene ring substituents is 1. The van der Waals surface area contributed by atoms with Crippen LogP contribution in [-0.2, 0) is 10.0 Å². The summed E-state index contributed by atoms with van der Waals surface area (Å²) in [6.07, 6.45) is 0. The number of anilines is 1. The summed E-state index contributed by atoms with van der Waals surface area (Å²) in [5.41, 5.74) is -0.00653. The summed E-state index contributed by atoms with van der Waals surface area (Å²) in [5.74, 6) is 0. The highest BCUT2D eigenvalue weighted by atomic mass is 79.9. The second kappa shape index (κ2) is 6.00. The zero-order chi connectivity index (χ0) is 15.6. The lowest BCUT2D eigenvalue weighted by atomic mass is 10.3. The van der Waals surface area contributed by atoms with Crippen LogP contribution < -0.4 is 4.72 Å².